The average molecular weight is 336 g/mol. The molecule has 2 aliphatic rings. The molecule has 2 aliphatic carbocycles. The number of allylic oxidation sites excluding steroid dienone is 3. The van der Waals surface area contributed by atoms with Crippen molar-refractivity contribution in [2.45, 2.75) is 51.9 Å². The summed E-state index contributed by atoms with van der Waals surface area (Å²) in [6, 6.07) is 5.96. The predicted molar refractivity (Wildman–Crippen MR) is 98.3 cm³/mol. The highest BCUT2D eigenvalue weighted by Gasteiger charge is 2.48. The highest BCUT2D eigenvalue weighted by atomic mass is 16.5. The lowest BCUT2D eigenvalue weighted by molar-refractivity contribution is -0.129. The third-order valence-corrected chi connectivity index (χ3v) is 6.13. The molecule has 1 aromatic rings. The molecule has 0 saturated carbocycles. The summed E-state index contributed by atoms with van der Waals surface area (Å²) in [5, 5.41) is 0. The third-order valence-electron chi connectivity index (χ3n) is 6.13. The minimum absolute atomic E-state index is 0.0227. The van der Waals surface area contributed by atoms with Gasteiger partial charge in [-0.1, -0.05) is 46.8 Å². The van der Waals surface area contributed by atoms with Gasteiger partial charge in [0.2, 0.25) is 0 Å². The van der Waals surface area contributed by atoms with Crippen molar-refractivity contribution in [1.29, 1.82) is 0 Å². The minimum Gasteiger partial charge on any atom is -0.423 e. The van der Waals surface area contributed by atoms with E-state index in [-0.39, 0.29) is 10.8 Å². The van der Waals surface area contributed by atoms with E-state index in [1.807, 2.05) is 18.1 Å². The lowest BCUT2D eigenvalue weighted by atomic mass is 9.71. The summed E-state index contributed by atoms with van der Waals surface area (Å²) in [4.78, 5) is 23.0. The standard InChI is InChI=1S/C22H24O3/c1-14-21(2,3)18-11-10-17(12-19(18)22(14,4)5)25-20(24)16-8-6-15(13-23)7-9-16/h6,8-12,14H,7H2,1-5H3. The molecule has 0 aromatic heterocycles. The lowest BCUT2D eigenvalue weighted by Gasteiger charge is -2.32. The molecule has 1 aromatic carbocycles. The minimum atomic E-state index is -0.399. The van der Waals surface area contributed by atoms with Gasteiger partial charge in [0.25, 0.3) is 0 Å². The summed E-state index contributed by atoms with van der Waals surface area (Å²) >= 11 is 0. The van der Waals surface area contributed by atoms with Crippen molar-refractivity contribution in [3.8, 4) is 5.75 Å². The maximum Gasteiger partial charge on any atom is 0.343 e. The maximum absolute atomic E-state index is 12.4. The van der Waals surface area contributed by atoms with Crippen LogP contribution in [0, 0.1) is 5.92 Å². The van der Waals surface area contributed by atoms with Crippen LogP contribution in [0.5, 0.6) is 5.75 Å². The van der Waals surface area contributed by atoms with Gasteiger partial charge in [-0.25, -0.2) is 9.59 Å². The van der Waals surface area contributed by atoms with Gasteiger partial charge in [-0.3, -0.25) is 0 Å². The van der Waals surface area contributed by atoms with Gasteiger partial charge < -0.3 is 4.74 Å². The molecule has 0 amide bonds. The van der Waals surface area contributed by atoms with Crippen molar-refractivity contribution in [2.24, 2.45) is 5.92 Å². The lowest BCUT2D eigenvalue weighted by Crippen LogP contribution is -2.30. The monoisotopic (exact) mass is 336 g/mol. The zero-order chi connectivity index (χ0) is 18.4. The van der Waals surface area contributed by atoms with Crippen molar-refractivity contribution in [3.63, 3.8) is 0 Å². The Labute approximate surface area is 149 Å². The number of esters is 1. The van der Waals surface area contributed by atoms with E-state index < -0.39 is 5.97 Å². The molecule has 0 heterocycles. The molecule has 0 spiro atoms. The Morgan fingerprint density at radius 2 is 1.80 bits per heavy atom. The van der Waals surface area contributed by atoms with E-state index in [2.05, 4.69) is 40.7 Å². The van der Waals surface area contributed by atoms with Crippen LogP contribution in [0.4, 0.5) is 0 Å². The molecule has 0 saturated heterocycles. The Kier molecular flexibility index (Phi) is 4.09. The first-order chi connectivity index (χ1) is 11.7. The van der Waals surface area contributed by atoms with Crippen LogP contribution in [0.2, 0.25) is 0 Å². The molecule has 1 unspecified atom stereocenters. The summed E-state index contributed by atoms with van der Waals surface area (Å²) in [6.45, 7) is 11.3. The van der Waals surface area contributed by atoms with Crippen LogP contribution < -0.4 is 4.74 Å². The molecule has 3 nitrogen and oxygen atoms in total. The van der Waals surface area contributed by atoms with E-state index in [4.69, 9.17) is 4.74 Å². The summed E-state index contributed by atoms with van der Waals surface area (Å²) in [6.07, 6.45) is 5.33. The Bertz CT molecular complexity index is 846. The number of benzene rings is 1. The van der Waals surface area contributed by atoms with Crippen molar-refractivity contribution in [1.82, 2.24) is 0 Å². The average Bonchev–Trinajstić information content (AvgIpc) is 2.73. The van der Waals surface area contributed by atoms with Crippen LogP contribution in [-0.2, 0) is 20.4 Å². The molecule has 0 aliphatic heterocycles. The van der Waals surface area contributed by atoms with Crippen LogP contribution in [0.25, 0.3) is 0 Å². The van der Waals surface area contributed by atoms with E-state index in [9.17, 15) is 9.59 Å². The molecule has 0 radical (unpaired) electrons. The first-order valence-corrected chi connectivity index (χ1v) is 8.67. The van der Waals surface area contributed by atoms with Gasteiger partial charge in [0.1, 0.15) is 11.7 Å². The molecule has 0 N–H and O–H groups in total. The molecule has 0 fully saturated rings. The van der Waals surface area contributed by atoms with Crippen LogP contribution in [0.3, 0.4) is 0 Å². The van der Waals surface area contributed by atoms with Crippen molar-refractivity contribution in [3.05, 3.63) is 58.7 Å². The van der Waals surface area contributed by atoms with Gasteiger partial charge in [-0.2, -0.15) is 0 Å². The number of carbonyl (C=O) groups excluding carboxylic acids is 2. The van der Waals surface area contributed by atoms with E-state index in [0.717, 1.165) is 0 Å². The van der Waals surface area contributed by atoms with Gasteiger partial charge in [-0.05, 0) is 52.2 Å². The number of hydrogen-bond acceptors (Lipinski definition) is 3. The molecule has 1 atom stereocenters. The van der Waals surface area contributed by atoms with E-state index in [1.165, 1.54) is 11.1 Å². The first-order valence-electron chi connectivity index (χ1n) is 8.67. The smallest absolute Gasteiger partial charge is 0.343 e. The van der Waals surface area contributed by atoms with E-state index in [0.29, 0.717) is 29.2 Å². The molecular formula is C22H24O3. The maximum atomic E-state index is 12.4. The van der Waals surface area contributed by atoms with Gasteiger partial charge in [-0.15, -0.1) is 0 Å². The third kappa shape index (κ3) is 2.79. The first kappa shape index (κ1) is 17.4. The Balaban J connectivity index is 1.86. The van der Waals surface area contributed by atoms with Crippen molar-refractivity contribution in [2.75, 3.05) is 0 Å². The zero-order valence-corrected chi connectivity index (χ0v) is 15.5. The van der Waals surface area contributed by atoms with Crippen molar-refractivity contribution >= 4 is 11.9 Å². The number of rotatable bonds is 2. The highest BCUT2D eigenvalue weighted by Crippen LogP contribution is 2.54. The number of ether oxygens (including phenoxy) is 1. The second-order valence-electron chi connectivity index (χ2n) is 8.09. The second kappa shape index (κ2) is 5.86. The fraction of sp³-hybridized carbons (Fsp3) is 0.409. The fourth-order valence-corrected chi connectivity index (χ4v) is 3.99. The highest BCUT2D eigenvalue weighted by molar-refractivity contribution is 5.94. The van der Waals surface area contributed by atoms with Crippen molar-refractivity contribution < 1.29 is 14.3 Å². The van der Waals surface area contributed by atoms with Crippen LogP contribution in [0.15, 0.2) is 47.6 Å². The summed E-state index contributed by atoms with van der Waals surface area (Å²) in [5.74, 6) is 2.49. The largest absolute Gasteiger partial charge is 0.423 e. The SMILES string of the molecule is CC1C(C)(C)c2ccc(OC(=O)C3=CCC(=C=O)C=C3)cc2C1(C)C. The fourth-order valence-electron chi connectivity index (χ4n) is 3.99. The summed E-state index contributed by atoms with van der Waals surface area (Å²) in [7, 11) is 0. The van der Waals surface area contributed by atoms with Gasteiger partial charge in [0.05, 0.1) is 5.57 Å². The predicted octanol–water partition coefficient (Wildman–Crippen LogP) is 4.44. The van der Waals surface area contributed by atoms with E-state index in [1.54, 1.807) is 18.2 Å². The van der Waals surface area contributed by atoms with Crippen LogP contribution in [0.1, 0.15) is 52.2 Å². The molecular weight excluding hydrogens is 312 g/mol. The molecule has 25 heavy (non-hydrogen) atoms. The summed E-state index contributed by atoms with van der Waals surface area (Å²) in [5.41, 5.74) is 3.68. The number of hydrogen-bond donors (Lipinski definition) is 0. The van der Waals surface area contributed by atoms with Gasteiger partial charge >= 0.3 is 5.97 Å². The molecule has 3 heteroatoms. The topological polar surface area (TPSA) is 43.4 Å². The van der Waals surface area contributed by atoms with E-state index >= 15 is 0 Å². The Morgan fingerprint density at radius 1 is 1.12 bits per heavy atom. The van der Waals surface area contributed by atoms with Crippen LogP contribution >= 0.6 is 0 Å². The molecule has 130 valence electrons. The Hall–Kier alpha value is -2.38. The second-order valence-corrected chi connectivity index (χ2v) is 8.09. The number of fused-ring (bicyclic) bond motifs is 1. The molecule has 0 bridgehead atoms. The quantitative estimate of drug-likeness (QED) is 0.455. The zero-order valence-electron chi connectivity index (χ0n) is 15.5. The normalized spacial score (nSPS) is 22.8. The van der Waals surface area contributed by atoms with Crippen LogP contribution in [-0.4, -0.2) is 11.9 Å². The molecule has 3 rings (SSSR count). The Morgan fingerprint density at radius 3 is 2.40 bits per heavy atom. The summed E-state index contributed by atoms with van der Waals surface area (Å²) < 4.78 is 5.58. The number of carbonyl (C=O) groups is 1. The van der Waals surface area contributed by atoms with Gasteiger partial charge in [0.15, 0.2) is 0 Å². The van der Waals surface area contributed by atoms with Gasteiger partial charge in [0, 0.05) is 12.0 Å².